The summed E-state index contributed by atoms with van der Waals surface area (Å²) in [6.07, 6.45) is 8.07. The van der Waals surface area contributed by atoms with Crippen molar-refractivity contribution in [3.8, 4) is 16.8 Å². The highest BCUT2D eigenvalue weighted by Crippen LogP contribution is 2.44. The molecule has 230 valence electrons. The maximum Gasteiger partial charge on any atom is 0.0626 e. The number of aromatic nitrogens is 1. The summed E-state index contributed by atoms with van der Waals surface area (Å²) in [5, 5.41) is 10.4. The molecule has 1 unspecified atom stereocenters. The molecule has 0 saturated carbocycles. The molecule has 0 bridgehead atoms. The first-order chi connectivity index (χ1) is 24.3. The first-order valence-electron chi connectivity index (χ1n) is 17.2. The zero-order chi connectivity index (χ0) is 32.3. The maximum absolute atomic E-state index is 2.48. The van der Waals surface area contributed by atoms with Gasteiger partial charge in [-0.25, -0.2) is 0 Å². The molecule has 1 heterocycles. The van der Waals surface area contributed by atoms with Crippen molar-refractivity contribution in [2.24, 2.45) is 0 Å². The van der Waals surface area contributed by atoms with E-state index in [-0.39, 0.29) is 0 Å². The normalized spacial score (nSPS) is 14.7. The number of benzene rings is 8. The predicted molar refractivity (Wildman–Crippen MR) is 210 cm³/mol. The van der Waals surface area contributed by atoms with E-state index in [0.717, 1.165) is 6.42 Å². The van der Waals surface area contributed by atoms with Gasteiger partial charge >= 0.3 is 0 Å². The van der Waals surface area contributed by atoms with Gasteiger partial charge in [0.15, 0.2) is 0 Å². The van der Waals surface area contributed by atoms with Crippen LogP contribution in [0.1, 0.15) is 23.5 Å². The van der Waals surface area contributed by atoms with E-state index in [1.165, 1.54) is 87.6 Å². The summed E-state index contributed by atoms with van der Waals surface area (Å²) in [5.74, 6) is 0.393. The summed E-state index contributed by atoms with van der Waals surface area (Å²) in [7, 11) is 0. The highest BCUT2D eigenvalue weighted by molar-refractivity contribution is 6.36. The molecule has 1 aliphatic carbocycles. The number of fused-ring (bicyclic) bond motifs is 10. The number of nitrogens with zero attached hydrogens (tertiary/aromatic N) is 1. The lowest BCUT2D eigenvalue weighted by Crippen LogP contribution is -1.99. The molecule has 10 rings (SSSR count). The quantitative estimate of drug-likeness (QED) is 0.172. The molecular weight excluding hydrogens is 591 g/mol. The molecule has 0 fully saturated rings. The van der Waals surface area contributed by atoms with Gasteiger partial charge in [-0.3, -0.25) is 0 Å². The van der Waals surface area contributed by atoms with Gasteiger partial charge in [0.25, 0.3) is 0 Å². The van der Waals surface area contributed by atoms with Gasteiger partial charge in [0.1, 0.15) is 0 Å². The van der Waals surface area contributed by atoms with Crippen LogP contribution in [0.4, 0.5) is 0 Å². The van der Waals surface area contributed by atoms with Crippen LogP contribution in [0.2, 0.25) is 0 Å². The van der Waals surface area contributed by atoms with Crippen LogP contribution in [0.3, 0.4) is 0 Å². The fraction of sp³-hybridized carbons (Fsp3) is 0.0417. The highest BCUT2D eigenvalue weighted by Gasteiger charge is 2.20. The Hall–Kier alpha value is -6.18. The van der Waals surface area contributed by atoms with Gasteiger partial charge in [0, 0.05) is 33.2 Å². The van der Waals surface area contributed by atoms with Crippen LogP contribution in [0.5, 0.6) is 0 Å². The average molecular weight is 624 g/mol. The monoisotopic (exact) mass is 623 g/mol. The second-order valence-corrected chi connectivity index (χ2v) is 13.2. The van der Waals surface area contributed by atoms with E-state index < -0.39 is 0 Å². The number of allylic oxidation sites excluding steroid dienone is 4. The minimum atomic E-state index is 0.393. The maximum atomic E-state index is 2.48. The Kier molecular flexibility index (Phi) is 6.38. The molecule has 8 aromatic carbocycles. The van der Waals surface area contributed by atoms with E-state index in [0.29, 0.717) is 5.92 Å². The van der Waals surface area contributed by atoms with Crippen molar-refractivity contribution in [1.29, 1.82) is 0 Å². The third kappa shape index (κ3) is 4.47. The first kappa shape index (κ1) is 27.9. The summed E-state index contributed by atoms with van der Waals surface area (Å²) >= 11 is 0. The lowest BCUT2D eigenvalue weighted by atomic mass is 9.87. The van der Waals surface area contributed by atoms with Gasteiger partial charge in [-0.15, -0.1) is 0 Å². The molecule has 49 heavy (non-hydrogen) atoms. The molecule has 0 saturated heterocycles. The first-order valence-corrected chi connectivity index (χ1v) is 17.2. The molecule has 1 aromatic heterocycles. The Labute approximate surface area is 285 Å². The van der Waals surface area contributed by atoms with Crippen LogP contribution in [0, 0.1) is 0 Å². The second-order valence-electron chi connectivity index (χ2n) is 13.2. The third-order valence-corrected chi connectivity index (χ3v) is 10.5. The summed E-state index contributed by atoms with van der Waals surface area (Å²) < 4.78 is 2.48. The molecule has 1 nitrogen and oxygen atoms in total. The Morgan fingerprint density at radius 2 is 1.10 bits per heavy atom. The number of para-hydroxylation sites is 1. The van der Waals surface area contributed by atoms with Crippen LogP contribution in [-0.2, 0) is 0 Å². The molecule has 9 aromatic rings. The van der Waals surface area contributed by atoms with Gasteiger partial charge in [-0.05, 0) is 74.0 Å². The topological polar surface area (TPSA) is 4.93 Å². The van der Waals surface area contributed by atoms with E-state index >= 15 is 0 Å². The minimum Gasteiger partial charge on any atom is -0.309 e. The highest BCUT2D eigenvalue weighted by atomic mass is 15.0. The Balaban J connectivity index is 1.06. The summed E-state index contributed by atoms with van der Waals surface area (Å²) in [5.41, 5.74) is 10.1. The predicted octanol–water partition coefficient (Wildman–Crippen LogP) is 13.0. The zero-order valence-corrected chi connectivity index (χ0v) is 27.1. The number of rotatable bonds is 4. The van der Waals surface area contributed by atoms with Gasteiger partial charge in [0.2, 0.25) is 0 Å². The third-order valence-electron chi connectivity index (χ3n) is 10.5. The van der Waals surface area contributed by atoms with Gasteiger partial charge in [-0.1, -0.05) is 164 Å². The van der Waals surface area contributed by atoms with E-state index in [1.54, 1.807) is 0 Å². The van der Waals surface area contributed by atoms with Crippen molar-refractivity contribution in [2.45, 2.75) is 12.3 Å². The van der Waals surface area contributed by atoms with Crippen molar-refractivity contribution in [3.63, 3.8) is 0 Å². The number of hydrogen-bond donors (Lipinski definition) is 0. The molecule has 1 atom stereocenters. The van der Waals surface area contributed by atoms with Crippen LogP contribution in [0.25, 0.3) is 76.5 Å². The number of hydrogen-bond acceptors (Lipinski definition) is 0. The van der Waals surface area contributed by atoms with E-state index in [9.17, 15) is 0 Å². The molecule has 0 spiro atoms. The SMILES string of the molecule is C1=CC(c2ccc(-c3ccccc3)cc2)CC=C1c1ccc(-n2c3ccccc3c3c4c5ccccc5ccc4c4ccccc4c32)cc1. The average Bonchev–Trinajstić information content (AvgIpc) is 3.54. The molecule has 1 heteroatoms. The lowest BCUT2D eigenvalue weighted by molar-refractivity contribution is 0.857. The van der Waals surface area contributed by atoms with E-state index in [1.807, 2.05) is 0 Å². The van der Waals surface area contributed by atoms with Crippen molar-refractivity contribution < 1.29 is 0 Å². The molecule has 0 N–H and O–H groups in total. The summed E-state index contributed by atoms with van der Waals surface area (Å²) in [6.45, 7) is 0. The zero-order valence-electron chi connectivity index (χ0n) is 27.1. The molecular formula is C48H33N. The van der Waals surface area contributed by atoms with E-state index in [4.69, 9.17) is 0 Å². The van der Waals surface area contributed by atoms with Crippen LogP contribution in [-0.4, -0.2) is 4.57 Å². The second kappa shape index (κ2) is 11.2. The molecule has 0 aliphatic heterocycles. The van der Waals surface area contributed by atoms with Crippen molar-refractivity contribution in [3.05, 3.63) is 193 Å². The molecule has 0 amide bonds. The fourth-order valence-electron chi connectivity index (χ4n) is 8.14. The minimum absolute atomic E-state index is 0.393. The summed E-state index contributed by atoms with van der Waals surface area (Å²) in [4.78, 5) is 0. The molecule has 1 aliphatic rings. The van der Waals surface area contributed by atoms with Crippen LogP contribution in [0.15, 0.2) is 182 Å². The summed E-state index contributed by atoms with van der Waals surface area (Å²) in [6, 6.07) is 60.1. The Morgan fingerprint density at radius 3 is 1.88 bits per heavy atom. The van der Waals surface area contributed by atoms with Crippen molar-refractivity contribution in [2.75, 3.05) is 0 Å². The smallest absolute Gasteiger partial charge is 0.0626 e. The van der Waals surface area contributed by atoms with E-state index in [2.05, 4.69) is 187 Å². The fourth-order valence-corrected chi connectivity index (χ4v) is 8.14. The van der Waals surface area contributed by atoms with Gasteiger partial charge in [-0.2, -0.15) is 0 Å². The Morgan fingerprint density at radius 1 is 0.449 bits per heavy atom. The van der Waals surface area contributed by atoms with Crippen LogP contribution < -0.4 is 0 Å². The molecule has 0 radical (unpaired) electrons. The Bertz CT molecular complexity index is 2760. The van der Waals surface area contributed by atoms with Crippen LogP contribution >= 0.6 is 0 Å². The standard InChI is InChI=1S/C48H33N/c1-2-10-32(11-3-1)33-18-20-34(21-19-33)35-22-24-36(25-23-35)37-26-29-39(30-27-37)49-45-17-9-8-16-44(45)47-46-40-13-5-4-12-38(40)28-31-42(46)41-14-6-7-15-43(41)48(47)49/h1-22,24-31,35H,23H2. The van der Waals surface area contributed by atoms with Gasteiger partial charge in [0.05, 0.1) is 11.0 Å². The van der Waals surface area contributed by atoms with Gasteiger partial charge < -0.3 is 4.57 Å². The van der Waals surface area contributed by atoms with Crippen molar-refractivity contribution in [1.82, 2.24) is 4.57 Å². The lowest BCUT2D eigenvalue weighted by Gasteiger charge is -2.18. The van der Waals surface area contributed by atoms with Crippen molar-refractivity contribution >= 4 is 59.7 Å². The largest absolute Gasteiger partial charge is 0.309 e.